The Morgan fingerprint density at radius 3 is 2.38 bits per heavy atom. The van der Waals surface area contributed by atoms with Crippen LogP contribution in [0.4, 0.5) is 8.78 Å². The first kappa shape index (κ1) is 24.5. The van der Waals surface area contributed by atoms with Crippen molar-refractivity contribution in [2.45, 2.75) is 27.5 Å². The van der Waals surface area contributed by atoms with E-state index in [2.05, 4.69) is 12.6 Å². The van der Waals surface area contributed by atoms with Crippen molar-refractivity contribution in [1.82, 2.24) is 14.6 Å². The van der Waals surface area contributed by atoms with Gasteiger partial charge in [-0.2, -0.15) is 16.9 Å². The Morgan fingerprint density at radius 1 is 0.971 bits per heavy atom. The molecular formula is C21H19F2N3O5S3. The molecule has 3 aromatic carbocycles. The molecule has 0 unspecified atom stereocenters. The van der Waals surface area contributed by atoms with Crippen LogP contribution in [0.5, 0.6) is 0 Å². The fourth-order valence-electron chi connectivity index (χ4n) is 3.70. The highest BCUT2D eigenvalue weighted by Gasteiger charge is 2.43. The first-order valence-electron chi connectivity index (χ1n) is 9.94. The summed E-state index contributed by atoms with van der Waals surface area (Å²) in [5.41, 5.74) is 1.93. The van der Waals surface area contributed by atoms with E-state index in [0.717, 1.165) is 15.8 Å². The molecule has 0 saturated carbocycles. The normalized spacial score (nSPS) is 19.4. The number of halogens is 2. The van der Waals surface area contributed by atoms with Gasteiger partial charge in [0.2, 0.25) is 10.0 Å². The molecule has 1 fully saturated rings. The van der Waals surface area contributed by atoms with Gasteiger partial charge in [0.1, 0.15) is 22.6 Å². The highest BCUT2D eigenvalue weighted by atomic mass is 32.2. The summed E-state index contributed by atoms with van der Waals surface area (Å²) >= 11 is 4.30. The molecule has 0 radical (unpaired) electrons. The molecule has 8 nitrogen and oxygen atoms in total. The average Bonchev–Trinajstić information content (AvgIpc) is 3.19. The number of benzene rings is 3. The molecule has 0 aromatic heterocycles. The smallest absolute Gasteiger partial charge is 0.260 e. The van der Waals surface area contributed by atoms with Gasteiger partial charge < -0.3 is 0 Å². The van der Waals surface area contributed by atoms with Crippen LogP contribution in [0, 0.1) is 11.6 Å². The third-order valence-corrected chi connectivity index (χ3v) is 8.88. The Balaban J connectivity index is 1.56. The zero-order valence-corrected chi connectivity index (χ0v) is 19.9. The van der Waals surface area contributed by atoms with Crippen molar-refractivity contribution < 1.29 is 30.4 Å². The lowest BCUT2D eigenvalue weighted by molar-refractivity contribution is -0.124. The van der Waals surface area contributed by atoms with Gasteiger partial charge in [-0.25, -0.2) is 25.6 Å². The molecule has 34 heavy (non-hydrogen) atoms. The number of fused-ring (bicyclic) bond motifs is 1. The number of carbonyl (C=O) groups is 1. The van der Waals surface area contributed by atoms with Crippen LogP contribution in [0.25, 0.3) is 10.8 Å². The van der Waals surface area contributed by atoms with Crippen molar-refractivity contribution in [3.8, 4) is 0 Å². The molecule has 3 aromatic rings. The molecule has 4 rings (SSSR count). The van der Waals surface area contributed by atoms with E-state index in [9.17, 15) is 30.4 Å². The second kappa shape index (κ2) is 9.23. The van der Waals surface area contributed by atoms with E-state index < -0.39 is 53.8 Å². The number of hydrogen-bond donors (Lipinski definition) is 3. The standard InChI is InChI=1S/C21H19F2N3O5S3/c22-15-6-8-20(18(23)10-15)33(28,29)25-24-21(27)19-11-16(32)12-26(19)34(30,31)17-7-5-13-3-1-2-4-14(13)9-17/h1-10,16,19,25,32H,11-12H2,(H,24,27)/t16-,19+/m1/s1. The van der Waals surface area contributed by atoms with E-state index in [1.165, 1.54) is 12.1 Å². The van der Waals surface area contributed by atoms with E-state index in [0.29, 0.717) is 17.5 Å². The number of nitrogens with zero attached hydrogens (tertiary/aromatic N) is 1. The Bertz CT molecular complexity index is 1480. The van der Waals surface area contributed by atoms with Crippen molar-refractivity contribution in [3.05, 3.63) is 72.3 Å². The maximum absolute atomic E-state index is 13.9. The van der Waals surface area contributed by atoms with Crippen molar-refractivity contribution in [2.24, 2.45) is 0 Å². The highest BCUT2D eigenvalue weighted by Crippen LogP contribution is 2.30. The van der Waals surface area contributed by atoms with Gasteiger partial charge in [-0.1, -0.05) is 30.3 Å². The Morgan fingerprint density at radius 2 is 1.68 bits per heavy atom. The second-order valence-electron chi connectivity index (χ2n) is 7.66. The number of carbonyl (C=O) groups excluding carboxylic acids is 1. The SMILES string of the molecule is O=C(NNS(=O)(=O)c1ccc(F)cc1F)[C@@H]1C[C@@H](S)CN1S(=O)(=O)c1ccc2ccccc2c1. The molecule has 13 heteroatoms. The van der Waals surface area contributed by atoms with Crippen LogP contribution in [-0.4, -0.2) is 44.9 Å². The van der Waals surface area contributed by atoms with Crippen molar-refractivity contribution in [3.63, 3.8) is 0 Å². The van der Waals surface area contributed by atoms with Crippen molar-refractivity contribution in [1.29, 1.82) is 0 Å². The zero-order valence-electron chi connectivity index (χ0n) is 17.4. The van der Waals surface area contributed by atoms with Crippen LogP contribution < -0.4 is 10.3 Å². The van der Waals surface area contributed by atoms with Crippen LogP contribution in [0.3, 0.4) is 0 Å². The monoisotopic (exact) mass is 527 g/mol. The van der Waals surface area contributed by atoms with Gasteiger partial charge in [-0.15, -0.1) is 4.83 Å². The highest BCUT2D eigenvalue weighted by molar-refractivity contribution is 7.89. The molecule has 1 saturated heterocycles. The summed E-state index contributed by atoms with van der Waals surface area (Å²) in [7, 11) is -8.72. The maximum Gasteiger partial charge on any atom is 0.260 e. The van der Waals surface area contributed by atoms with E-state index in [1.807, 2.05) is 17.6 Å². The van der Waals surface area contributed by atoms with Crippen LogP contribution in [0.1, 0.15) is 6.42 Å². The van der Waals surface area contributed by atoms with Gasteiger partial charge in [0, 0.05) is 17.9 Å². The van der Waals surface area contributed by atoms with Crippen molar-refractivity contribution >= 4 is 49.4 Å². The summed E-state index contributed by atoms with van der Waals surface area (Å²) < 4.78 is 79.2. The number of hydrazine groups is 1. The minimum Gasteiger partial charge on any atom is -0.276 e. The quantitative estimate of drug-likeness (QED) is 0.336. The summed E-state index contributed by atoms with van der Waals surface area (Å²) in [6.07, 6.45) is 0.0222. The van der Waals surface area contributed by atoms with Gasteiger partial charge >= 0.3 is 0 Å². The molecular weight excluding hydrogens is 508 g/mol. The van der Waals surface area contributed by atoms with Crippen LogP contribution in [0.15, 0.2) is 70.5 Å². The largest absolute Gasteiger partial charge is 0.276 e. The number of hydrogen-bond acceptors (Lipinski definition) is 6. The third-order valence-electron chi connectivity index (χ3n) is 5.36. The van der Waals surface area contributed by atoms with Crippen molar-refractivity contribution in [2.75, 3.05) is 6.54 Å². The summed E-state index contributed by atoms with van der Waals surface area (Å²) in [6, 6.07) is 12.3. The Kier molecular flexibility index (Phi) is 6.66. The molecule has 0 bridgehead atoms. The first-order chi connectivity index (χ1) is 16.0. The number of thiol groups is 1. The molecule has 2 atom stereocenters. The molecule has 180 valence electrons. The number of amides is 1. The Labute approximate surface area is 200 Å². The van der Waals surface area contributed by atoms with Gasteiger partial charge in [0.25, 0.3) is 15.9 Å². The van der Waals surface area contributed by atoms with Gasteiger partial charge in [-0.05, 0) is 41.5 Å². The number of sulfonamides is 2. The van der Waals surface area contributed by atoms with E-state index in [-0.39, 0.29) is 17.9 Å². The predicted octanol–water partition coefficient (Wildman–Crippen LogP) is 2.19. The molecule has 1 aliphatic heterocycles. The first-order valence-corrected chi connectivity index (χ1v) is 13.4. The Hall–Kier alpha value is -2.58. The fraction of sp³-hybridized carbons (Fsp3) is 0.190. The summed E-state index contributed by atoms with van der Waals surface area (Å²) in [5, 5.41) is 1.06. The molecule has 1 amide bonds. The molecule has 1 heterocycles. The van der Waals surface area contributed by atoms with E-state index in [1.54, 1.807) is 23.0 Å². The lowest BCUT2D eigenvalue weighted by Crippen LogP contribution is -2.51. The summed E-state index contributed by atoms with van der Waals surface area (Å²) in [4.78, 5) is 13.6. The van der Waals surface area contributed by atoms with E-state index >= 15 is 0 Å². The van der Waals surface area contributed by atoms with Crippen LogP contribution >= 0.6 is 12.6 Å². The minimum atomic E-state index is -4.59. The topological polar surface area (TPSA) is 113 Å². The van der Waals surface area contributed by atoms with Crippen LogP contribution in [0.2, 0.25) is 0 Å². The molecule has 0 spiro atoms. The molecule has 2 N–H and O–H groups in total. The lowest BCUT2D eigenvalue weighted by atomic mass is 10.1. The van der Waals surface area contributed by atoms with E-state index in [4.69, 9.17) is 0 Å². The summed E-state index contributed by atoms with van der Waals surface area (Å²) in [5.74, 6) is -3.29. The zero-order chi connectivity index (χ0) is 24.7. The maximum atomic E-state index is 13.9. The van der Waals surface area contributed by atoms with Crippen LogP contribution in [-0.2, 0) is 24.8 Å². The average molecular weight is 528 g/mol. The van der Waals surface area contributed by atoms with Gasteiger partial charge in [0.05, 0.1) is 4.90 Å². The molecule has 1 aliphatic rings. The second-order valence-corrected chi connectivity index (χ2v) is 11.9. The number of rotatable bonds is 6. The minimum absolute atomic E-state index is 0.0222. The third kappa shape index (κ3) is 4.79. The van der Waals surface area contributed by atoms with Gasteiger partial charge in [0.15, 0.2) is 0 Å². The fourth-order valence-corrected chi connectivity index (χ4v) is 6.77. The molecule has 0 aliphatic carbocycles. The van der Waals surface area contributed by atoms with Gasteiger partial charge in [-0.3, -0.25) is 10.2 Å². The predicted molar refractivity (Wildman–Crippen MR) is 124 cm³/mol. The lowest BCUT2D eigenvalue weighted by Gasteiger charge is -2.23. The number of nitrogens with one attached hydrogen (secondary N) is 2. The summed E-state index contributed by atoms with van der Waals surface area (Å²) in [6.45, 7) is -0.0737.